The lowest BCUT2D eigenvalue weighted by Crippen LogP contribution is -2.65. The molecule has 3 fully saturated rings. The van der Waals surface area contributed by atoms with E-state index in [1.54, 1.807) is 25.7 Å². The Balaban J connectivity index is 1.85. The van der Waals surface area contributed by atoms with E-state index in [1.165, 1.54) is 0 Å². The zero-order chi connectivity index (χ0) is 37.7. The van der Waals surface area contributed by atoms with Gasteiger partial charge in [-0.2, -0.15) is 0 Å². The van der Waals surface area contributed by atoms with Gasteiger partial charge in [-0.05, 0) is 83.0 Å². The van der Waals surface area contributed by atoms with Crippen LogP contribution in [0.5, 0.6) is 0 Å². The van der Waals surface area contributed by atoms with Crippen molar-refractivity contribution in [3.8, 4) is 0 Å². The topological polar surface area (TPSA) is 174 Å². The summed E-state index contributed by atoms with van der Waals surface area (Å²) in [7, 11) is -3.52. The van der Waals surface area contributed by atoms with Crippen molar-refractivity contribution in [3.05, 3.63) is 0 Å². The molecule has 1 saturated heterocycles. The monoisotopic (exact) mass is 725 g/mol. The van der Waals surface area contributed by atoms with E-state index in [9.17, 15) is 32.7 Å². The predicted octanol–water partition coefficient (Wildman–Crippen LogP) is 3.56. The van der Waals surface area contributed by atoms with Crippen LogP contribution >= 0.6 is 0 Å². The number of nitrogens with zero attached hydrogens (tertiary/aromatic N) is 1. The summed E-state index contributed by atoms with van der Waals surface area (Å²) in [6.07, 6.45) is 7.07. The minimum absolute atomic E-state index is 0.0104. The molecule has 0 radical (unpaired) electrons. The lowest BCUT2D eigenvalue weighted by molar-refractivity contribution is -0.145. The van der Waals surface area contributed by atoms with Gasteiger partial charge < -0.3 is 20.6 Å². The molecule has 12 nitrogen and oxygen atoms in total. The molecule has 5 atom stereocenters. The Labute approximate surface area is 301 Å². The Hall–Kier alpha value is -2.09. The number of nitrogens with one attached hydrogen (secondary N) is 4. The van der Waals surface area contributed by atoms with Crippen LogP contribution in [-0.2, 0) is 29.0 Å². The molecule has 1 heterocycles. The average Bonchev–Trinajstić information content (AvgIpc) is 3.71. The number of hydrogen-bond donors (Lipinski definition) is 5. The van der Waals surface area contributed by atoms with E-state index < -0.39 is 67.6 Å². The third-order valence-corrected chi connectivity index (χ3v) is 13.3. The molecule has 3 rings (SSSR count). The maximum absolute atomic E-state index is 14.6. The summed E-state index contributed by atoms with van der Waals surface area (Å²) in [6.45, 7) is 17.2. The molecule has 5 N–H and O–H groups in total. The van der Waals surface area contributed by atoms with Gasteiger partial charge in [0.05, 0.1) is 22.6 Å². The first kappa shape index (κ1) is 42.3. The van der Waals surface area contributed by atoms with Crippen molar-refractivity contribution in [2.45, 2.75) is 180 Å². The molecule has 0 aromatic rings. The second kappa shape index (κ2) is 17.2. The van der Waals surface area contributed by atoms with Crippen LogP contribution in [0.15, 0.2) is 0 Å². The minimum atomic E-state index is -3.52. The zero-order valence-electron chi connectivity index (χ0n) is 32.2. The Morgan fingerprint density at radius 2 is 1.60 bits per heavy atom. The molecule has 0 aromatic heterocycles. The highest BCUT2D eigenvalue weighted by molar-refractivity contribution is 7.92. The zero-order valence-corrected chi connectivity index (χ0v) is 33.0. The van der Waals surface area contributed by atoms with Crippen molar-refractivity contribution in [1.29, 1.82) is 0 Å². The quantitative estimate of drug-likeness (QED) is 0.111. The second-order valence-corrected chi connectivity index (χ2v) is 20.5. The molecule has 0 aromatic carbocycles. The second-order valence-electron chi connectivity index (χ2n) is 17.8. The maximum Gasteiger partial charge on any atom is 0.289 e. The Morgan fingerprint density at radius 3 is 2.12 bits per heavy atom. The summed E-state index contributed by atoms with van der Waals surface area (Å²) in [5.41, 5.74) is -1.55. The van der Waals surface area contributed by atoms with E-state index in [2.05, 4.69) is 35.1 Å². The molecule has 0 bridgehead atoms. The molecule has 2 aliphatic carbocycles. The lowest BCUT2D eigenvalue weighted by atomic mass is 9.83. The van der Waals surface area contributed by atoms with Crippen LogP contribution < -0.4 is 21.3 Å². The summed E-state index contributed by atoms with van der Waals surface area (Å²) in [4.78, 5) is 56.0. The number of carbonyl (C=O) groups is 4. The number of unbranched alkanes of at least 4 members (excludes halogenated alkanes) is 1. The lowest BCUT2D eigenvalue weighted by Gasteiger charge is -2.43. The molecule has 3 aliphatic rings. The van der Waals surface area contributed by atoms with Crippen molar-refractivity contribution < 1.29 is 32.7 Å². The van der Waals surface area contributed by atoms with Crippen molar-refractivity contribution in [1.82, 2.24) is 26.2 Å². The molecule has 1 unspecified atom stereocenters. The fourth-order valence-corrected chi connectivity index (χ4v) is 8.86. The summed E-state index contributed by atoms with van der Waals surface area (Å²) in [6, 6.07) is -2.76. The Bertz CT molecular complexity index is 1300. The molecule has 50 heavy (non-hydrogen) atoms. The molecule has 288 valence electrons. The highest BCUT2D eigenvalue weighted by atomic mass is 32.2. The average molecular weight is 726 g/mol. The van der Waals surface area contributed by atoms with Crippen LogP contribution in [0.1, 0.15) is 139 Å². The molecular formula is C37H67N5O7S. The number of aliphatic hydroxyl groups excluding tert-OH is 1. The molecular weight excluding hydrogens is 659 g/mol. The smallest absolute Gasteiger partial charge is 0.289 e. The number of carbonyl (C=O) groups excluding carboxylic acids is 4. The highest BCUT2D eigenvalue weighted by Gasteiger charge is 2.47. The SMILES string of the molecule is CCCC[C@@H](NC(=O)[C@@H]1C[C@@H](CC(C)C)CN1C(=O)[C@@H](NC(O)NC1(CS(=O)(=O)C(C)(C)C)CCCCC1)C(C)(C)C)C(=O)C(=O)NC1CC1. The van der Waals surface area contributed by atoms with Gasteiger partial charge in [0, 0.05) is 18.1 Å². The van der Waals surface area contributed by atoms with Gasteiger partial charge in [-0.1, -0.05) is 73.6 Å². The third-order valence-electron chi connectivity index (χ3n) is 10.5. The number of rotatable bonds is 17. The van der Waals surface area contributed by atoms with Gasteiger partial charge in [-0.3, -0.25) is 29.8 Å². The Morgan fingerprint density at radius 1 is 0.980 bits per heavy atom. The molecule has 1 aliphatic heterocycles. The van der Waals surface area contributed by atoms with Gasteiger partial charge in [0.15, 0.2) is 16.2 Å². The number of aliphatic hydroxyl groups is 1. The van der Waals surface area contributed by atoms with Crippen LogP contribution in [0, 0.1) is 17.3 Å². The first-order chi connectivity index (χ1) is 23.1. The number of amides is 3. The van der Waals surface area contributed by atoms with Crippen molar-refractivity contribution in [3.63, 3.8) is 0 Å². The molecule has 2 saturated carbocycles. The number of sulfone groups is 1. The van der Waals surface area contributed by atoms with Gasteiger partial charge in [0.25, 0.3) is 5.91 Å². The maximum atomic E-state index is 14.6. The minimum Gasteiger partial charge on any atom is -0.365 e. The Kier molecular flexibility index (Phi) is 14.5. The molecule has 3 amide bonds. The molecule has 13 heteroatoms. The van der Waals surface area contributed by atoms with Gasteiger partial charge in [-0.25, -0.2) is 8.42 Å². The predicted molar refractivity (Wildman–Crippen MR) is 196 cm³/mol. The van der Waals surface area contributed by atoms with Gasteiger partial charge in [0.1, 0.15) is 6.04 Å². The van der Waals surface area contributed by atoms with E-state index in [-0.39, 0.29) is 23.6 Å². The van der Waals surface area contributed by atoms with Gasteiger partial charge in [0.2, 0.25) is 17.6 Å². The van der Waals surface area contributed by atoms with Crippen LogP contribution in [0.25, 0.3) is 0 Å². The first-order valence-electron chi connectivity index (χ1n) is 19.0. The van der Waals surface area contributed by atoms with Crippen LogP contribution in [-0.4, -0.2) is 95.0 Å². The van der Waals surface area contributed by atoms with E-state index in [0.717, 1.165) is 44.9 Å². The number of hydrogen-bond acceptors (Lipinski definition) is 9. The molecule has 0 spiro atoms. The van der Waals surface area contributed by atoms with Crippen molar-refractivity contribution in [2.24, 2.45) is 17.3 Å². The van der Waals surface area contributed by atoms with E-state index in [1.807, 2.05) is 27.7 Å². The van der Waals surface area contributed by atoms with Crippen LogP contribution in [0.3, 0.4) is 0 Å². The summed E-state index contributed by atoms with van der Waals surface area (Å²) in [5, 5.41) is 23.4. The van der Waals surface area contributed by atoms with Gasteiger partial charge in [-0.15, -0.1) is 0 Å². The normalized spacial score (nSPS) is 23.3. The fourth-order valence-electron chi connectivity index (χ4n) is 7.33. The number of likely N-dealkylation sites (tertiary alicyclic amines) is 1. The van der Waals surface area contributed by atoms with E-state index in [4.69, 9.17) is 0 Å². The van der Waals surface area contributed by atoms with Crippen molar-refractivity contribution >= 4 is 33.3 Å². The summed E-state index contributed by atoms with van der Waals surface area (Å²) in [5.74, 6) is -1.90. The number of Topliss-reactive ketones (excluding diaryl/α,β-unsaturated/α-hetero) is 1. The van der Waals surface area contributed by atoms with E-state index >= 15 is 0 Å². The summed E-state index contributed by atoms with van der Waals surface area (Å²) < 4.78 is 25.8. The first-order valence-corrected chi connectivity index (χ1v) is 20.6. The highest BCUT2D eigenvalue weighted by Crippen LogP contribution is 2.34. The van der Waals surface area contributed by atoms with Crippen LogP contribution in [0.2, 0.25) is 0 Å². The largest absolute Gasteiger partial charge is 0.365 e. The van der Waals surface area contributed by atoms with Gasteiger partial charge >= 0.3 is 0 Å². The van der Waals surface area contributed by atoms with E-state index in [0.29, 0.717) is 44.6 Å². The van der Waals surface area contributed by atoms with Crippen LogP contribution in [0.4, 0.5) is 0 Å². The third kappa shape index (κ3) is 11.7. The number of ketones is 1. The van der Waals surface area contributed by atoms with Crippen molar-refractivity contribution in [2.75, 3.05) is 12.3 Å². The fraction of sp³-hybridized carbons (Fsp3) is 0.892. The summed E-state index contributed by atoms with van der Waals surface area (Å²) >= 11 is 0. The standard InChI is InChI=1S/C37H67N5O7S/c1-10-11-15-27(29(43)32(45)38-26-16-17-26)39-31(44)28-21-25(20-24(2)3)22-42(28)33(46)30(35(4,5)6)40-34(47)41-37(18-13-12-14-19-37)23-50(48,49)36(7,8)9/h24-28,30,34,40-41,47H,10-23H2,1-9H3,(H,38,45)(H,39,44)/t25-,27-,28+,30-,34?/m1/s1.